The minimum atomic E-state index is -0.0126. The highest BCUT2D eigenvalue weighted by molar-refractivity contribution is 6.30. The number of rotatable bonds is 3. The van der Waals surface area contributed by atoms with E-state index in [1.807, 2.05) is 53.5 Å². The molecule has 0 saturated heterocycles. The molecule has 3 heterocycles. The van der Waals surface area contributed by atoms with Crippen molar-refractivity contribution in [3.63, 3.8) is 0 Å². The van der Waals surface area contributed by atoms with Gasteiger partial charge >= 0.3 is 0 Å². The molecule has 4 rings (SSSR count). The van der Waals surface area contributed by atoms with Gasteiger partial charge in [-0.15, -0.1) is 0 Å². The Morgan fingerprint density at radius 2 is 2.04 bits per heavy atom. The van der Waals surface area contributed by atoms with E-state index in [4.69, 9.17) is 11.6 Å². The van der Waals surface area contributed by atoms with Crippen molar-refractivity contribution in [3.05, 3.63) is 76.7 Å². The summed E-state index contributed by atoms with van der Waals surface area (Å²) in [5.74, 6) is 0.741. The first-order valence-electron chi connectivity index (χ1n) is 7.70. The van der Waals surface area contributed by atoms with Gasteiger partial charge in [0.2, 0.25) is 5.91 Å². The second-order valence-electron chi connectivity index (χ2n) is 5.82. The standard InChI is InChI=1S/C18H15ClN4O/c19-14-5-3-12(4-6-14)11-23-18-16(10-21-23)15(8-17(24)22-18)13-2-1-7-20-9-13/h1-7,9-10,15H,8,11H2,(H,22,24). The summed E-state index contributed by atoms with van der Waals surface area (Å²) in [6.45, 7) is 0.576. The van der Waals surface area contributed by atoms with Crippen molar-refractivity contribution in [1.82, 2.24) is 14.8 Å². The van der Waals surface area contributed by atoms with Gasteiger partial charge in [0.25, 0.3) is 0 Å². The topological polar surface area (TPSA) is 59.8 Å². The lowest BCUT2D eigenvalue weighted by Gasteiger charge is -2.23. The van der Waals surface area contributed by atoms with E-state index in [2.05, 4.69) is 15.4 Å². The molecule has 1 atom stereocenters. The molecule has 1 aliphatic rings. The smallest absolute Gasteiger partial charge is 0.226 e. The number of carbonyl (C=O) groups is 1. The summed E-state index contributed by atoms with van der Waals surface area (Å²) < 4.78 is 1.82. The molecule has 3 aromatic rings. The number of hydrogen-bond acceptors (Lipinski definition) is 3. The number of benzene rings is 1. The largest absolute Gasteiger partial charge is 0.311 e. The van der Waals surface area contributed by atoms with Crippen molar-refractivity contribution >= 4 is 23.3 Å². The summed E-state index contributed by atoms with van der Waals surface area (Å²) in [4.78, 5) is 16.3. The Kier molecular flexibility index (Phi) is 3.78. The van der Waals surface area contributed by atoms with Crippen molar-refractivity contribution in [3.8, 4) is 0 Å². The summed E-state index contributed by atoms with van der Waals surface area (Å²) in [5.41, 5.74) is 3.12. The maximum Gasteiger partial charge on any atom is 0.226 e. The first-order valence-corrected chi connectivity index (χ1v) is 8.08. The first kappa shape index (κ1) is 14.9. The first-order chi connectivity index (χ1) is 11.7. The molecular weight excluding hydrogens is 324 g/mol. The lowest BCUT2D eigenvalue weighted by atomic mass is 9.88. The number of hydrogen-bond donors (Lipinski definition) is 1. The normalized spacial score (nSPS) is 16.5. The van der Waals surface area contributed by atoms with E-state index in [0.29, 0.717) is 18.0 Å². The van der Waals surface area contributed by atoms with Gasteiger partial charge in [-0.3, -0.25) is 9.78 Å². The van der Waals surface area contributed by atoms with Crippen molar-refractivity contribution in [2.45, 2.75) is 18.9 Å². The predicted octanol–water partition coefficient (Wildman–Crippen LogP) is 3.45. The van der Waals surface area contributed by atoms with Crippen LogP contribution in [0.4, 0.5) is 5.82 Å². The number of aromatic nitrogens is 3. The van der Waals surface area contributed by atoms with Gasteiger partial charge in [0.1, 0.15) is 5.82 Å². The number of carbonyl (C=O) groups excluding carboxylic acids is 1. The Labute approximate surface area is 144 Å². The van der Waals surface area contributed by atoms with Crippen LogP contribution in [0.2, 0.25) is 5.02 Å². The minimum absolute atomic E-state index is 0.00536. The van der Waals surface area contributed by atoms with Crippen LogP contribution in [0.3, 0.4) is 0 Å². The van der Waals surface area contributed by atoms with Crippen molar-refractivity contribution in [2.24, 2.45) is 0 Å². The fraction of sp³-hybridized carbons (Fsp3) is 0.167. The van der Waals surface area contributed by atoms with Crippen molar-refractivity contribution in [1.29, 1.82) is 0 Å². The third-order valence-corrected chi connectivity index (χ3v) is 4.47. The molecule has 1 amide bonds. The molecule has 2 aromatic heterocycles. The highest BCUT2D eigenvalue weighted by Crippen LogP contribution is 2.36. The average molecular weight is 339 g/mol. The van der Waals surface area contributed by atoms with Crippen LogP contribution in [-0.4, -0.2) is 20.7 Å². The molecule has 0 bridgehead atoms. The summed E-state index contributed by atoms with van der Waals surface area (Å²) in [7, 11) is 0. The molecule has 0 aliphatic carbocycles. The van der Waals surface area contributed by atoms with E-state index in [1.165, 1.54) is 0 Å². The molecular formula is C18H15ClN4O. The Balaban J connectivity index is 1.69. The maximum absolute atomic E-state index is 12.2. The van der Waals surface area contributed by atoms with Gasteiger partial charge in [-0.2, -0.15) is 5.10 Å². The van der Waals surface area contributed by atoms with Gasteiger partial charge in [-0.05, 0) is 29.3 Å². The minimum Gasteiger partial charge on any atom is -0.311 e. The molecule has 1 aromatic carbocycles. The fourth-order valence-electron chi connectivity index (χ4n) is 3.03. The lowest BCUT2D eigenvalue weighted by Crippen LogP contribution is -2.25. The lowest BCUT2D eigenvalue weighted by molar-refractivity contribution is -0.116. The maximum atomic E-state index is 12.2. The zero-order chi connectivity index (χ0) is 16.5. The summed E-state index contributed by atoms with van der Waals surface area (Å²) in [6, 6.07) is 11.5. The van der Waals surface area contributed by atoms with E-state index < -0.39 is 0 Å². The Morgan fingerprint density at radius 3 is 2.79 bits per heavy atom. The van der Waals surface area contributed by atoms with Gasteiger partial charge in [-0.25, -0.2) is 4.68 Å². The highest BCUT2D eigenvalue weighted by atomic mass is 35.5. The molecule has 6 heteroatoms. The predicted molar refractivity (Wildman–Crippen MR) is 92.1 cm³/mol. The highest BCUT2D eigenvalue weighted by Gasteiger charge is 2.30. The SMILES string of the molecule is O=C1CC(c2cccnc2)c2cnn(Cc3ccc(Cl)cc3)c2N1. The van der Waals surface area contributed by atoms with Crippen LogP contribution in [0.5, 0.6) is 0 Å². The monoisotopic (exact) mass is 338 g/mol. The summed E-state index contributed by atoms with van der Waals surface area (Å²) in [5, 5.41) is 8.13. The van der Waals surface area contributed by atoms with Gasteiger partial charge in [0.15, 0.2) is 0 Å². The molecule has 0 fully saturated rings. The number of amides is 1. The van der Waals surface area contributed by atoms with E-state index in [-0.39, 0.29) is 11.8 Å². The van der Waals surface area contributed by atoms with Crippen LogP contribution in [0.25, 0.3) is 0 Å². The number of pyridine rings is 1. The van der Waals surface area contributed by atoms with Crippen LogP contribution in [0.1, 0.15) is 29.0 Å². The Hall–Kier alpha value is -2.66. The summed E-state index contributed by atoms with van der Waals surface area (Å²) >= 11 is 5.93. The second kappa shape index (κ2) is 6.09. The van der Waals surface area contributed by atoms with Crippen LogP contribution >= 0.6 is 11.6 Å². The molecule has 0 spiro atoms. The molecule has 0 saturated carbocycles. The average Bonchev–Trinajstić information content (AvgIpc) is 3.00. The number of anilines is 1. The zero-order valence-electron chi connectivity index (χ0n) is 12.8. The Bertz CT molecular complexity index is 874. The van der Waals surface area contributed by atoms with Gasteiger partial charge in [0, 0.05) is 35.3 Å². The second-order valence-corrected chi connectivity index (χ2v) is 6.26. The quantitative estimate of drug-likeness (QED) is 0.795. The van der Waals surface area contributed by atoms with Gasteiger partial charge in [-0.1, -0.05) is 29.8 Å². The molecule has 5 nitrogen and oxygen atoms in total. The number of nitrogens with zero attached hydrogens (tertiary/aromatic N) is 3. The summed E-state index contributed by atoms with van der Waals surface area (Å²) in [6.07, 6.45) is 5.79. The van der Waals surface area contributed by atoms with Gasteiger partial charge in [0.05, 0.1) is 12.7 Å². The van der Waals surface area contributed by atoms with E-state index in [9.17, 15) is 4.79 Å². The molecule has 1 unspecified atom stereocenters. The van der Waals surface area contributed by atoms with E-state index in [1.54, 1.807) is 6.20 Å². The van der Waals surface area contributed by atoms with Crippen LogP contribution in [0.15, 0.2) is 55.0 Å². The van der Waals surface area contributed by atoms with E-state index >= 15 is 0 Å². The third kappa shape index (κ3) is 2.78. The molecule has 1 N–H and O–H groups in total. The van der Waals surface area contributed by atoms with E-state index in [0.717, 1.165) is 22.5 Å². The van der Waals surface area contributed by atoms with Crippen LogP contribution in [-0.2, 0) is 11.3 Å². The number of fused-ring (bicyclic) bond motifs is 1. The van der Waals surface area contributed by atoms with Crippen LogP contribution in [0, 0.1) is 0 Å². The van der Waals surface area contributed by atoms with Crippen molar-refractivity contribution in [2.75, 3.05) is 5.32 Å². The molecule has 24 heavy (non-hydrogen) atoms. The third-order valence-electron chi connectivity index (χ3n) is 4.22. The number of halogens is 1. The Morgan fingerprint density at radius 1 is 1.21 bits per heavy atom. The van der Waals surface area contributed by atoms with Crippen molar-refractivity contribution < 1.29 is 4.79 Å². The molecule has 120 valence electrons. The zero-order valence-corrected chi connectivity index (χ0v) is 13.6. The van der Waals surface area contributed by atoms with Crippen LogP contribution < -0.4 is 5.32 Å². The fourth-order valence-corrected chi connectivity index (χ4v) is 3.16. The molecule has 1 aliphatic heterocycles. The van der Waals surface area contributed by atoms with Gasteiger partial charge < -0.3 is 5.32 Å². The molecule has 0 radical (unpaired) electrons. The number of nitrogens with one attached hydrogen (secondary N) is 1.